The van der Waals surface area contributed by atoms with Crippen LogP contribution in [0.3, 0.4) is 0 Å². The van der Waals surface area contributed by atoms with E-state index in [-0.39, 0.29) is 5.91 Å². The average molecular weight is 392 g/mol. The van der Waals surface area contributed by atoms with E-state index >= 15 is 0 Å². The van der Waals surface area contributed by atoms with Crippen molar-refractivity contribution in [3.05, 3.63) is 63.1 Å². The zero-order valence-corrected chi connectivity index (χ0v) is 15.9. The fraction of sp³-hybridized carbons (Fsp3) is 0.263. The summed E-state index contributed by atoms with van der Waals surface area (Å²) in [5, 5.41) is 14.0. The maximum Gasteiger partial charge on any atom is 0.251 e. The second kappa shape index (κ2) is 7.66. The van der Waals surface area contributed by atoms with Gasteiger partial charge in [-0.2, -0.15) is 0 Å². The minimum Gasteiger partial charge on any atom is -0.390 e. The first-order valence-corrected chi connectivity index (χ1v) is 8.88. The molecule has 0 radical (unpaired) electrons. The fourth-order valence-corrected chi connectivity index (χ4v) is 3.20. The predicted octanol–water partition coefficient (Wildman–Crippen LogP) is 3.60. The number of amides is 1. The Morgan fingerprint density at radius 1 is 1.23 bits per heavy atom. The van der Waals surface area contributed by atoms with Crippen molar-refractivity contribution in [3.8, 4) is 0 Å². The molecule has 0 spiro atoms. The Morgan fingerprint density at radius 2 is 2.00 bits per heavy atom. The van der Waals surface area contributed by atoms with Gasteiger partial charge in [-0.1, -0.05) is 29.3 Å². The Morgan fingerprint density at radius 3 is 2.69 bits per heavy atom. The molecule has 1 aliphatic carbocycles. The van der Waals surface area contributed by atoms with E-state index in [4.69, 9.17) is 23.2 Å². The SMILES string of the molecule is CN(C)C=Nc1ccc2c(c1)C(NC(=O)c1ccc(Cl)c(Cl)c1)C(O)C2. The van der Waals surface area contributed by atoms with Gasteiger partial charge in [0.15, 0.2) is 0 Å². The quantitative estimate of drug-likeness (QED) is 0.617. The van der Waals surface area contributed by atoms with Crippen LogP contribution in [0.5, 0.6) is 0 Å². The van der Waals surface area contributed by atoms with Crippen LogP contribution in [-0.4, -0.2) is 42.5 Å². The molecule has 7 heteroatoms. The van der Waals surface area contributed by atoms with E-state index in [0.717, 1.165) is 16.8 Å². The van der Waals surface area contributed by atoms with Crippen LogP contribution in [0.1, 0.15) is 27.5 Å². The van der Waals surface area contributed by atoms with Gasteiger partial charge in [0.05, 0.1) is 34.2 Å². The fourth-order valence-electron chi connectivity index (χ4n) is 2.91. The minimum absolute atomic E-state index is 0.312. The van der Waals surface area contributed by atoms with E-state index in [9.17, 15) is 9.90 Å². The predicted molar refractivity (Wildman–Crippen MR) is 105 cm³/mol. The largest absolute Gasteiger partial charge is 0.390 e. The molecule has 136 valence electrons. The van der Waals surface area contributed by atoms with Gasteiger partial charge >= 0.3 is 0 Å². The van der Waals surface area contributed by atoms with Gasteiger partial charge in [0.25, 0.3) is 5.91 Å². The summed E-state index contributed by atoms with van der Waals surface area (Å²) in [6.07, 6.45) is 1.50. The van der Waals surface area contributed by atoms with Crippen molar-refractivity contribution in [3.63, 3.8) is 0 Å². The molecule has 26 heavy (non-hydrogen) atoms. The van der Waals surface area contributed by atoms with Crippen LogP contribution < -0.4 is 5.32 Å². The Balaban J connectivity index is 1.84. The first-order valence-electron chi connectivity index (χ1n) is 8.12. The lowest BCUT2D eigenvalue weighted by atomic mass is 10.1. The lowest BCUT2D eigenvalue weighted by Gasteiger charge is -2.18. The zero-order valence-electron chi connectivity index (χ0n) is 14.4. The van der Waals surface area contributed by atoms with E-state index < -0.39 is 12.1 Å². The zero-order chi connectivity index (χ0) is 18.8. The number of hydrogen-bond donors (Lipinski definition) is 2. The Hall–Kier alpha value is -2.08. The summed E-state index contributed by atoms with van der Waals surface area (Å²) in [4.78, 5) is 18.8. The van der Waals surface area contributed by atoms with Gasteiger partial charge in [0.1, 0.15) is 0 Å². The molecular weight excluding hydrogens is 373 g/mol. The van der Waals surface area contributed by atoms with Crippen molar-refractivity contribution < 1.29 is 9.90 Å². The maximum absolute atomic E-state index is 12.6. The van der Waals surface area contributed by atoms with Crippen LogP contribution in [0.2, 0.25) is 10.0 Å². The van der Waals surface area contributed by atoms with Crippen LogP contribution >= 0.6 is 23.2 Å². The van der Waals surface area contributed by atoms with E-state index in [1.807, 2.05) is 37.2 Å². The Labute approximate surface area is 162 Å². The van der Waals surface area contributed by atoms with Crippen molar-refractivity contribution in [2.75, 3.05) is 14.1 Å². The molecule has 2 atom stereocenters. The van der Waals surface area contributed by atoms with Crippen LogP contribution in [0.25, 0.3) is 0 Å². The van der Waals surface area contributed by atoms with Crippen LogP contribution in [0.15, 0.2) is 41.4 Å². The van der Waals surface area contributed by atoms with Gasteiger partial charge in [-0.05, 0) is 41.5 Å². The molecule has 0 aliphatic heterocycles. The third-order valence-electron chi connectivity index (χ3n) is 4.18. The molecular formula is C19H19Cl2N3O2. The number of nitrogens with zero attached hydrogens (tertiary/aromatic N) is 2. The van der Waals surface area contributed by atoms with Crippen molar-refractivity contribution >= 4 is 41.1 Å². The van der Waals surface area contributed by atoms with E-state index in [2.05, 4.69) is 10.3 Å². The molecule has 0 saturated heterocycles. The smallest absolute Gasteiger partial charge is 0.251 e. The van der Waals surface area contributed by atoms with Crippen molar-refractivity contribution in [1.82, 2.24) is 10.2 Å². The Kier molecular flexibility index (Phi) is 5.51. The summed E-state index contributed by atoms with van der Waals surface area (Å²) in [5.41, 5.74) is 3.03. The van der Waals surface area contributed by atoms with Crippen molar-refractivity contribution in [2.24, 2.45) is 4.99 Å². The van der Waals surface area contributed by atoms with Gasteiger partial charge in [-0.15, -0.1) is 0 Å². The summed E-state index contributed by atoms with van der Waals surface area (Å²) in [6.45, 7) is 0. The topological polar surface area (TPSA) is 64.9 Å². The molecule has 1 aliphatic rings. The molecule has 2 unspecified atom stereocenters. The number of hydrogen-bond acceptors (Lipinski definition) is 3. The third kappa shape index (κ3) is 4.01. The summed E-state index contributed by atoms with van der Waals surface area (Å²) in [6, 6.07) is 9.92. The first-order chi connectivity index (χ1) is 12.3. The minimum atomic E-state index is -0.690. The molecule has 3 rings (SSSR count). The summed E-state index contributed by atoms with van der Waals surface area (Å²) < 4.78 is 0. The standard InChI is InChI=1S/C19H19Cl2N3O2/c1-24(2)10-22-13-5-3-11-8-17(25)18(14(11)9-13)23-19(26)12-4-6-15(20)16(21)7-12/h3-7,9-10,17-18,25H,8H2,1-2H3,(H,23,26). The van der Waals surface area contributed by atoms with E-state index in [1.54, 1.807) is 18.5 Å². The number of halogens is 2. The third-order valence-corrected chi connectivity index (χ3v) is 4.92. The van der Waals surface area contributed by atoms with Gasteiger partial charge < -0.3 is 15.3 Å². The second-order valence-corrected chi connectivity index (χ2v) is 7.26. The van der Waals surface area contributed by atoms with Crippen molar-refractivity contribution in [2.45, 2.75) is 18.6 Å². The highest BCUT2D eigenvalue weighted by molar-refractivity contribution is 6.42. The monoisotopic (exact) mass is 391 g/mol. The molecule has 2 aromatic carbocycles. The van der Waals surface area contributed by atoms with Gasteiger partial charge in [0.2, 0.25) is 0 Å². The number of nitrogens with one attached hydrogen (secondary N) is 1. The second-order valence-electron chi connectivity index (χ2n) is 6.44. The van der Waals surface area contributed by atoms with Gasteiger partial charge in [-0.25, -0.2) is 4.99 Å². The average Bonchev–Trinajstić information content (AvgIpc) is 2.90. The number of fused-ring (bicyclic) bond motifs is 1. The summed E-state index contributed by atoms with van der Waals surface area (Å²) >= 11 is 11.9. The molecule has 5 nitrogen and oxygen atoms in total. The molecule has 0 heterocycles. The number of rotatable bonds is 4. The van der Waals surface area contributed by atoms with Crippen molar-refractivity contribution in [1.29, 1.82) is 0 Å². The number of aliphatic hydroxyl groups excluding tert-OH is 1. The normalized spacial score (nSPS) is 18.8. The van der Waals surface area contributed by atoms with Gasteiger partial charge in [-0.3, -0.25) is 4.79 Å². The van der Waals surface area contributed by atoms with Crippen LogP contribution in [-0.2, 0) is 6.42 Å². The number of benzene rings is 2. The number of aliphatic imine (C=N–C) groups is 1. The maximum atomic E-state index is 12.6. The number of carbonyl (C=O) groups is 1. The molecule has 2 aromatic rings. The Bertz CT molecular complexity index is 868. The lowest BCUT2D eigenvalue weighted by Crippen LogP contribution is -2.33. The lowest BCUT2D eigenvalue weighted by molar-refractivity contribution is 0.0858. The van der Waals surface area contributed by atoms with E-state index in [1.165, 1.54) is 6.07 Å². The van der Waals surface area contributed by atoms with Gasteiger partial charge in [0, 0.05) is 26.1 Å². The highest BCUT2D eigenvalue weighted by Gasteiger charge is 2.32. The number of aliphatic hydroxyl groups is 1. The first kappa shape index (κ1) is 18.7. The summed E-state index contributed by atoms with van der Waals surface area (Å²) in [7, 11) is 3.78. The highest BCUT2D eigenvalue weighted by Crippen LogP contribution is 2.34. The highest BCUT2D eigenvalue weighted by atomic mass is 35.5. The van der Waals surface area contributed by atoms with E-state index in [0.29, 0.717) is 22.0 Å². The summed E-state index contributed by atoms with van der Waals surface area (Å²) in [5.74, 6) is -0.317. The molecule has 0 aromatic heterocycles. The molecule has 0 bridgehead atoms. The van der Waals surface area contributed by atoms with Crippen LogP contribution in [0.4, 0.5) is 5.69 Å². The molecule has 0 saturated carbocycles. The van der Waals surface area contributed by atoms with Crippen LogP contribution in [0, 0.1) is 0 Å². The number of carbonyl (C=O) groups excluding carboxylic acids is 1. The molecule has 0 fully saturated rings. The molecule has 2 N–H and O–H groups in total. The molecule has 1 amide bonds.